The third-order valence-electron chi connectivity index (χ3n) is 5.64. The number of carbonyl (C=O) groups is 1. The zero-order chi connectivity index (χ0) is 22.9. The van der Waals surface area contributed by atoms with Crippen molar-refractivity contribution in [3.63, 3.8) is 0 Å². The standard InChI is InChI=1S/C24H23N5O4/c1-15-22-23(29(27-15)17-6-4-3-5-7-17)28(2)24(31)18(26-22)9-11-21(30)25-13-16-8-10-19-20(12-16)33-14-32-19/h3-8,10,12H,9,11,13-14H2,1-2H3,(H,25,30). The number of ether oxygens (including phenoxy) is 2. The molecule has 33 heavy (non-hydrogen) atoms. The van der Waals surface area contributed by atoms with Crippen molar-refractivity contribution in [2.24, 2.45) is 7.05 Å². The molecule has 0 fully saturated rings. The minimum Gasteiger partial charge on any atom is -0.454 e. The Morgan fingerprint density at radius 1 is 1.12 bits per heavy atom. The Bertz CT molecular complexity index is 1410. The minimum atomic E-state index is -0.233. The number of benzene rings is 2. The van der Waals surface area contributed by atoms with E-state index in [2.05, 4.69) is 15.4 Å². The average Bonchev–Trinajstić information content (AvgIpc) is 3.43. The summed E-state index contributed by atoms with van der Waals surface area (Å²) in [5.41, 5.74) is 3.87. The lowest BCUT2D eigenvalue weighted by Gasteiger charge is -2.09. The molecule has 1 amide bonds. The predicted molar refractivity (Wildman–Crippen MR) is 122 cm³/mol. The number of nitrogens with one attached hydrogen (secondary N) is 1. The van der Waals surface area contributed by atoms with Gasteiger partial charge in [0.25, 0.3) is 5.56 Å². The van der Waals surface area contributed by atoms with E-state index >= 15 is 0 Å². The lowest BCUT2D eigenvalue weighted by atomic mass is 10.2. The molecule has 168 valence electrons. The van der Waals surface area contributed by atoms with E-state index < -0.39 is 0 Å². The summed E-state index contributed by atoms with van der Waals surface area (Å²) in [6.07, 6.45) is 0.399. The second-order valence-electron chi connectivity index (χ2n) is 7.89. The summed E-state index contributed by atoms with van der Waals surface area (Å²) < 4.78 is 13.9. The number of fused-ring (bicyclic) bond motifs is 2. The lowest BCUT2D eigenvalue weighted by molar-refractivity contribution is -0.121. The Kier molecular flexibility index (Phi) is 5.29. The highest BCUT2D eigenvalue weighted by atomic mass is 16.7. The summed E-state index contributed by atoms with van der Waals surface area (Å²) in [5.74, 6) is 1.22. The molecule has 0 spiro atoms. The molecule has 0 bridgehead atoms. The van der Waals surface area contributed by atoms with Gasteiger partial charge in [-0.15, -0.1) is 0 Å². The summed E-state index contributed by atoms with van der Waals surface area (Å²) in [4.78, 5) is 30.0. The van der Waals surface area contributed by atoms with Crippen molar-refractivity contribution >= 4 is 17.1 Å². The van der Waals surface area contributed by atoms with Crippen LogP contribution in [0, 0.1) is 6.92 Å². The maximum atomic E-state index is 13.0. The van der Waals surface area contributed by atoms with Gasteiger partial charge < -0.3 is 14.8 Å². The van der Waals surface area contributed by atoms with E-state index in [1.54, 1.807) is 16.3 Å². The van der Waals surface area contributed by atoms with Crippen LogP contribution in [0.5, 0.6) is 11.5 Å². The largest absolute Gasteiger partial charge is 0.454 e. The van der Waals surface area contributed by atoms with E-state index in [-0.39, 0.29) is 31.1 Å². The number of aromatic nitrogens is 4. The van der Waals surface area contributed by atoms with Crippen molar-refractivity contribution in [2.75, 3.05) is 6.79 Å². The van der Waals surface area contributed by atoms with Gasteiger partial charge in [0.05, 0.1) is 11.4 Å². The third-order valence-corrected chi connectivity index (χ3v) is 5.64. The van der Waals surface area contributed by atoms with E-state index in [9.17, 15) is 9.59 Å². The molecule has 3 heterocycles. The number of rotatable bonds is 6. The van der Waals surface area contributed by atoms with Gasteiger partial charge >= 0.3 is 0 Å². The highest BCUT2D eigenvalue weighted by Crippen LogP contribution is 2.32. The van der Waals surface area contributed by atoms with E-state index in [0.717, 1.165) is 16.9 Å². The van der Waals surface area contributed by atoms with Crippen LogP contribution in [-0.2, 0) is 24.8 Å². The zero-order valence-corrected chi connectivity index (χ0v) is 18.4. The number of amides is 1. The van der Waals surface area contributed by atoms with Gasteiger partial charge in [-0.1, -0.05) is 24.3 Å². The maximum absolute atomic E-state index is 13.0. The summed E-state index contributed by atoms with van der Waals surface area (Å²) >= 11 is 0. The van der Waals surface area contributed by atoms with Crippen molar-refractivity contribution in [3.8, 4) is 17.2 Å². The summed E-state index contributed by atoms with van der Waals surface area (Å²) in [5, 5.41) is 7.46. The van der Waals surface area contributed by atoms with Gasteiger partial charge in [-0.2, -0.15) is 5.10 Å². The molecule has 0 radical (unpaired) electrons. The van der Waals surface area contributed by atoms with Crippen LogP contribution < -0.4 is 20.3 Å². The summed E-state index contributed by atoms with van der Waals surface area (Å²) in [6.45, 7) is 2.44. The molecule has 0 unspecified atom stereocenters. The molecule has 0 saturated carbocycles. The van der Waals surface area contributed by atoms with Crippen molar-refractivity contribution in [2.45, 2.75) is 26.3 Å². The Balaban J connectivity index is 1.31. The first-order valence-corrected chi connectivity index (χ1v) is 10.7. The van der Waals surface area contributed by atoms with E-state index in [4.69, 9.17) is 9.47 Å². The third kappa shape index (κ3) is 3.93. The first kappa shape index (κ1) is 20.7. The van der Waals surface area contributed by atoms with Crippen LogP contribution in [0.4, 0.5) is 0 Å². The minimum absolute atomic E-state index is 0.157. The van der Waals surface area contributed by atoms with Gasteiger partial charge in [-0.05, 0) is 36.8 Å². The molecule has 0 aliphatic carbocycles. The Labute approximate surface area is 189 Å². The quantitative estimate of drug-likeness (QED) is 0.489. The van der Waals surface area contributed by atoms with Crippen LogP contribution in [0.15, 0.2) is 53.3 Å². The molecule has 5 rings (SSSR count). The van der Waals surface area contributed by atoms with Crippen LogP contribution in [-0.4, -0.2) is 32.0 Å². The average molecular weight is 445 g/mol. The first-order chi connectivity index (χ1) is 16.0. The van der Waals surface area contributed by atoms with Crippen LogP contribution in [0.1, 0.15) is 23.4 Å². The fraction of sp³-hybridized carbons (Fsp3) is 0.250. The Morgan fingerprint density at radius 3 is 2.73 bits per heavy atom. The highest BCUT2D eigenvalue weighted by Gasteiger charge is 2.18. The first-order valence-electron chi connectivity index (χ1n) is 10.7. The Hall–Kier alpha value is -4.14. The normalized spacial score (nSPS) is 12.3. The van der Waals surface area contributed by atoms with E-state index in [0.29, 0.717) is 34.9 Å². The number of carbonyl (C=O) groups excluding carboxylic acids is 1. The number of hydrogen-bond acceptors (Lipinski definition) is 6. The fourth-order valence-corrected chi connectivity index (χ4v) is 3.90. The van der Waals surface area contributed by atoms with Gasteiger partial charge in [0.2, 0.25) is 12.7 Å². The topological polar surface area (TPSA) is 100 Å². The second-order valence-corrected chi connectivity index (χ2v) is 7.89. The van der Waals surface area contributed by atoms with Crippen molar-refractivity contribution in [1.29, 1.82) is 0 Å². The van der Waals surface area contributed by atoms with Crippen LogP contribution >= 0.6 is 0 Å². The molecule has 1 aliphatic heterocycles. The van der Waals surface area contributed by atoms with Crippen LogP contribution in [0.25, 0.3) is 16.9 Å². The van der Waals surface area contributed by atoms with Crippen molar-refractivity contribution in [3.05, 3.63) is 75.8 Å². The molecule has 0 saturated heterocycles. The van der Waals surface area contributed by atoms with Gasteiger partial charge in [0, 0.05) is 26.4 Å². The SMILES string of the molecule is Cc1nn(-c2ccccc2)c2c1nc(CCC(=O)NCc1ccc3c(c1)OCO3)c(=O)n2C. The van der Waals surface area contributed by atoms with Gasteiger partial charge in [-0.3, -0.25) is 14.2 Å². The summed E-state index contributed by atoms with van der Waals surface area (Å²) in [6, 6.07) is 15.2. The molecule has 2 aromatic carbocycles. The molecular weight excluding hydrogens is 422 g/mol. The molecular formula is C24H23N5O4. The van der Waals surface area contributed by atoms with Crippen LogP contribution in [0.3, 0.4) is 0 Å². The molecule has 9 heteroatoms. The predicted octanol–water partition coefficient (Wildman–Crippen LogP) is 2.41. The number of aryl methyl sites for hydroxylation is 3. The monoisotopic (exact) mass is 445 g/mol. The molecule has 2 aromatic heterocycles. The molecule has 9 nitrogen and oxygen atoms in total. The van der Waals surface area contributed by atoms with Crippen molar-refractivity contribution < 1.29 is 14.3 Å². The number of para-hydroxylation sites is 1. The van der Waals surface area contributed by atoms with Gasteiger partial charge in [-0.25, -0.2) is 9.67 Å². The molecule has 0 atom stereocenters. The van der Waals surface area contributed by atoms with Crippen molar-refractivity contribution in [1.82, 2.24) is 24.6 Å². The Morgan fingerprint density at radius 2 is 1.91 bits per heavy atom. The maximum Gasteiger partial charge on any atom is 0.273 e. The van der Waals surface area contributed by atoms with Gasteiger partial charge in [0.1, 0.15) is 11.2 Å². The number of hydrogen-bond donors (Lipinski definition) is 1. The molecule has 4 aromatic rings. The highest BCUT2D eigenvalue weighted by molar-refractivity contribution is 5.77. The number of nitrogens with zero attached hydrogens (tertiary/aromatic N) is 4. The van der Waals surface area contributed by atoms with E-state index in [1.165, 1.54) is 0 Å². The molecule has 1 N–H and O–H groups in total. The second kappa shape index (κ2) is 8.42. The van der Waals surface area contributed by atoms with E-state index in [1.807, 2.05) is 55.5 Å². The zero-order valence-electron chi connectivity index (χ0n) is 18.4. The summed E-state index contributed by atoms with van der Waals surface area (Å²) in [7, 11) is 1.70. The van der Waals surface area contributed by atoms with Crippen LogP contribution in [0.2, 0.25) is 0 Å². The van der Waals surface area contributed by atoms with Gasteiger partial charge in [0.15, 0.2) is 17.1 Å². The molecule has 1 aliphatic rings. The fourth-order valence-electron chi connectivity index (χ4n) is 3.90. The smallest absolute Gasteiger partial charge is 0.273 e. The lowest BCUT2D eigenvalue weighted by Crippen LogP contribution is -2.27.